The first-order chi connectivity index (χ1) is 13.5. The molecule has 2 aromatic carbocycles. The number of rotatable bonds is 6. The van der Waals surface area contributed by atoms with Crippen LogP contribution in [0.1, 0.15) is 36.6 Å². The molecule has 0 bridgehead atoms. The number of methoxy groups -OCH3 is 4. The first kappa shape index (κ1) is 20.0. The van der Waals surface area contributed by atoms with Gasteiger partial charge in [-0.2, -0.15) is 0 Å². The van der Waals surface area contributed by atoms with Gasteiger partial charge in [0.1, 0.15) is 28.8 Å². The van der Waals surface area contributed by atoms with Crippen LogP contribution in [0.25, 0.3) is 0 Å². The predicted octanol–water partition coefficient (Wildman–Crippen LogP) is 3.70. The Morgan fingerprint density at radius 1 is 0.821 bits per heavy atom. The molecule has 0 aliphatic carbocycles. The highest BCUT2D eigenvalue weighted by atomic mass is 16.5. The second kappa shape index (κ2) is 8.52. The predicted molar refractivity (Wildman–Crippen MR) is 106 cm³/mol. The number of benzene rings is 2. The zero-order valence-corrected chi connectivity index (χ0v) is 16.9. The van der Waals surface area contributed by atoms with Crippen molar-refractivity contribution in [2.45, 2.75) is 25.4 Å². The van der Waals surface area contributed by atoms with Crippen LogP contribution in [0.3, 0.4) is 0 Å². The Labute approximate surface area is 165 Å². The van der Waals surface area contributed by atoms with Crippen molar-refractivity contribution in [2.24, 2.45) is 5.92 Å². The number of Topliss-reactive ketones (excluding diaryl/α,β-unsaturated/α-hetero) is 1. The zero-order chi connectivity index (χ0) is 20.3. The Hall–Kier alpha value is -2.73. The fraction of sp³-hybridized carbons (Fsp3) is 0.409. The highest BCUT2D eigenvalue weighted by Gasteiger charge is 2.37. The van der Waals surface area contributed by atoms with Crippen molar-refractivity contribution in [2.75, 3.05) is 28.4 Å². The number of nitrogens with one attached hydrogen (secondary N) is 1. The number of carbonyl (C=O) groups is 1. The van der Waals surface area contributed by atoms with Crippen LogP contribution in [0.4, 0.5) is 0 Å². The van der Waals surface area contributed by atoms with Crippen LogP contribution in [0.15, 0.2) is 36.4 Å². The van der Waals surface area contributed by atoms with E-state index in [0.717, 1.165) is 34.1 Å². The first-order valence-electron chi connectivity index (χ1n) is 9.25. The summed E-state index contributed by atoms with van der Waals surface area (Å²) in [5.74, 6) is 2.86. The van der Waals surface area contributed by atoms with Gasteiger partial charge in [0, 0.05) is 35.5 Å². The minimum Gasteiger partial charge on any atom is -0.497 e. The molecule has 6 nitrogen and oxygen atoms in total. The Bertz CT molecular complexity index is 851. The molecule has 1 heterocycles. The van der Waals surface area contributed by atoms with Crippen LogP contribution in [-0.2, 0) is 4.79 Å². The van der Waals surface area contributed by atoms with Gasteiger partial charge in [-0.05, 0) is 36.4 Å². The fourth-order valence-electron chi connectivity index (χ4n) is 3.75. The lowest BCUT2D eigenvalue weighted by Gasteiger charge is -2.36. The molecule has 150 valence electrons. The maximum Gasteiger partial charge on any atom is 0.139 e. The number of carbonyl (C=O) groups excluding carboxylic acids is 1. The molecule has 3 rings (SSSR count). The number of hydrogen-bond donors (Lipinski definition) is 1. The highest BCUT2D eigenvalue weighted by molar-refractivity contribution is 5.83. The third-order valence-corrected chi connectivity index (χ3v) is 5.38. The van der Waals surface area contributed by atoms with Crippen molar-refractivity contribution in [1.82, 2.24) is 5.32 Å². The molecule has 0 spiro atoms. The van der Waals surface area contributed by atoms with E-state index in [1.54, 1.807) is 28.4 Å². The Kier molecular flexibility index (Phi) is 6.09. The Balaban J connectivity index is 2.03. The second-order valence-electron chi connectivity index (χ2n) is 6.87. The Morgan fingerprint density at radius 3 is 1.89 bits per heavy atom. The summed E-state index contributed by atoms with van der Waals surface area (Å²) < 4.78 is 21.8. The summed E-state index contributed by atoms with van der Waals surface area (Å²) in [6.07, 6.45) is 0.382. The first-order valence-corrected chi connectivity index (χ1v) is 9.25. The van der Waals surface area contributed by atoms with E-state index >= 15 is 0 Å². The van der Waals surface area contributed by atoms with Crippen molar-refractivity contribution < 1.29 is 23.7 Å². The lowest BCUT2D eigenvalue weighted by atomic mass is 9.81. The van der Waals surface area contributed by atoms with Crippen LogP contribution in [0.5, 0.6) is 23.0 Å². The number of piperidine rings is 1. The highest BCUT2D eigenvalue weighted by Crippen LogP contribution is 2.42. The van der Waals surface area contributed by atoms with Gasteiger partial charge in [0.25, 0.3) is 0 Å². The molecular weight excluding hydrogens is 358 g/mol. The standard InChI is InChI=1S/C22H27NO5/c1-13-19(24)12-18(16-10-14(25-2)6-8-20(16)27-4)23-22(13)17-11-15(26-3)7-9-21(17)28-5/h6-11,13,18,22-23H,12H2,1-5H3/t13-,18-,22+/m0/s1. The van der Waals surface area contributed by atoms with Crippen LogP contribution < -0.4 is 24.3 Å². The molecule has 1 fully saturated rings. The van der Waals surface area contributed by atoms with E-state index in [1.807, 2.05) is 43.3 Å². The van der Waals surface area contributed by atoms with Gasteiger partial charge >= 0.3 is 0 Å². The summed E-state index contributed by atoms with van der Waals surface area (Å²) >= 11 is 0. The lowest BCUT2D eigenvalue weighted by Crippen LogP contribution is -2.41. The quantitative estimate of drug-likeness (QED) is 0.818. The van der Waals surface area contributed by atoms with Gasteiger partial charge in [-0.3, -0.25) is 4.79 Å². The van der Waals surface area contributed by atoms with Crippen molar-refractivity contribution in [3.8, 4) is 23.0 Å². The normalized spacial score (nSPS) is 21.9. The SMILES string of the molecule is COc1ccc(OC)c([C@@H]2CC(=O)[C@H](C)[C@H](c3cc(OC)ccc3OC)N2)c1. The molecule has 0 aromatic heterocycles. The minimum atomic E-state index is -0.216. The number of hydrogen-bond acceptors (Lipinski definition) is 6. The topological polar surface area (TPSA) is 66.0 Å². The molecule has 0 radical (unpaired) electrons. The molecule has 0 unspecified atom stereocenters. The average Bonchev–Trinajstić information content (AvgIpc) is 2.74. The molecule has 1 N–H and O–H groups in total. The minimum absolute atomic E-state index is 0.184. The summed E-state index contributed by atoms with van der Waals surface area (Å²) in [5.41, 5.74) is 1.79. The van der Waals surface area contributed by atoms with Gasteiger partial charge in [0.05, 0.1) is 28.4 Å². The molecule has 3 atom stereocenters. The Morgan fingerprint density at radius 2 is 1.36 bits per heavy atom. The monoisotopic (exact) mass is 385 g/mol. The van der Waals surface area contributed by atoms with E-state index in [9.17, 15) is 4.79 Å². The molecule has 6 heteroatoms. The third-order valence-electron chi connectivity index (χ3n) is 5.38. The van der Waals surface area contributed by atoms with Gasteiger partial charge in [-0.25, -0.2) is 0 Å². The largest absolute Gasteiger partial charge is 0.497 e. The van der Waals surface area contributed by atoms with Gasteiger partial charge in [0.2, 0.25) is 0 Å². The average molecular weight is 385 g/mol. The maximum atomic E-state index is 12.9. The van der Waals surface area contributed by atoms with E-state index in [-0.39, 0.29) is 23.8 Å². The maximum absolute atomic E-state index is 12.9. The molecule has 2 aromatic rings. The fourth-order valence-corrected chi connectivity index (χ4v) is 3.75. The van der Waals surface area contributed by atoms with Crippen LogP contribution in [0, 0.1) is 5.92 Å². The molecular formula is C22H27NO5. The van der Waals surface area contributed by atoms with E-state index < -0.39 is 0 Å². The van der Waals surface area contributed by atoms with Gasteiger partial charge in [-0.1, -0.05) is 6.92 Å². The van der Waals surface area contributed by atoms with E-state index in [2.05, 4.69) is 5.32 Å². The van der Waals surface area contributed by atoms with E-state index in [0.29, 0.717) is 6.42 Å². The smallest absolute Gasteiger partial charge is 0.139 e. The summed E-state index contributed by atoms with van der Waals surface area (Å²) in [5, 5.41) is 3.63. The number of ether oxygens (including phenoxy) is 4. The van der Waals surface area contributed by atoms with Crippen LogP contribution in [-0.4, -0.2) is 34.2 Å². The van der Waals surface area contributed by atoms with Crippen LogP contribution >= 0.6 is 0 Å². The van der Waals surface area contributed by atoms with E-state index in [4.69, 9.17) is 18.9 Å². The van der Waals surface area contributed by atoms with Crippen molar-refractivity contribution in [1.29, 1.82) is 0 Å². The van der Waals surface area contributed by atoms with Crippen molar-refractivity contribution >= 4 is 5.78 Å². The molecule has 1 aliphatic rings. The summed E-state index contributed by atoms with van der Waals surface area (Å²) in [6, 6.07) is 10.8. The van der Waals surface area contributed by atoms with Crippen molar-refractivity contribution in [3.05, 3.63) is 47.5 Å². The molecule has 1 aliphatic heterocycles. The second-order valence-corrected chi connectivity index (χ2v) is 6.87. The molecule has 28 heavy (non-hydrogen) atoms. The molecule has 0 saturated carbocycles. The van der Waals surface area contributed by atoms with Crippen molar-refractivity contribution in [3.63, 3.8) is 0 Å². The van der Waals surface area contributed by atoms with Gasteiger partial charge in [0.15, 0.2) is 0 Å². The van der Waals surface area contributed by atoms with Crippen LogP contribution in [0.2, 0.25) is 0 Å². The lowest BCUT2D eigenvalue weighted by molar-refractivity contribution is -0.126. The summed E-state index contributed by atoms with van der Waals surface area (Å²) in [7, 11) is 6.50. The summed E-state index contributed by atoms with van der Waals surface area (Å²) in [6.45, 7) is 1.94. The van der Waals surface area contributed by atoms with Gasteiger partial charge in [-0.15, -0.1) is 0 Å². The molecule has 1 saturated heterocycles. The van der Waals surface area contributed by atoms with E-state index in [1.165, 1.54) is 0 Å². The molecule has 0 amide bonds. The third kappa shape index (κ3) is 3.78. The zero-order valence-electron chi connectivity index (χ0n) is 16.9. The van der Waals surface area contributed by atoms with Gasteiger partial charge < -0.3 is 24.3 Å². The summed E-state index contributed by atoms with van der Waals surface area (Å²) in [4.78, 5) is 12.9. The number of ketones is 1.